The van der Waals surface area contributed by atoms with Crippen molar-refractivity contribution in [2.24, 2.45) is 0 Å². The van der Waals surface area contributed by atoms with Crippen LogP contribution in [0, 0.1) is 5.82 Å². The van der Waals surface area contributed by atoms with Gasteiger partial charge in [-0.25, -0.2) is 4.39 Å². The van der Waals surface area contributed by atoms with Crippen LogP contribution in [0.3, 0.4) is 0 Å². The van der Waals surface area contributed by atoms with Crippen molar-refractivity contribution in [2.45, 2.75) is 26.3 Å². The summed E-state index contributed by atoms with van der Waals surface area (Å²) in [5.41, 5.74) is 0.0821. The molecule has 5 nitrogen and oxygen atoms in total. The molecule has 0 atom stereocenters. The van der Waals surface area contributed by atoms with Crippen LogP contribution in [-0.4, -0.2) is 30.4 Å². The zero-order chi connectivity index (χ0) is 15.2. The number of nitrogens with one attached hydrogen (secondary N) is 3. The Hall–Kier alpha value is -1.95. The predicted octanol–water partition coefficient (Wildman–Crippen LogP) is 1.27. The van der Waals surface area contributed by atoms with Gasteiger partial charge in [-0.3, -0.25) is 14.9 Å². The van der Waals surface area contributed by atoms with Crippen LogP contribution < -0.4 is 16.0 Å². The Morgan fingerprint density at radius 3 is 2.40 bits per heavy atom. The number of anilines is 1. The molecule has 0 radical (unpaired) electrons. The quantitative estimate of drug-likeness (QED) is 0.761. The standard InChI is InChI=1S/C14H20FN3O2/c1-14(2,3)18-13(20)9-16-8-12(19)17-11-6-4-5-10(15)7-11/h4-7,16H,8-9H2,1-3H3,(H,17,19)(H,18,20). The monoisotopic (exact) mass is 281 g/mol. The molecule has 20 heavy (non-hydrogen) atoms. The number of hydrogen-bond acceptors (Lipinski definition) is 3. The molecule has 0 aliphatic heterocycles. The van der Waals surface area contributed by atoms with Gasteiger partial charge in [-0.2, -0.15) is 0 Å². The second-order valence-corrected chi connectivity index (χ2v) is 5.46. The van der Waals surface area contributed by atoms with E-state index in [1.807, 2.05) is 20.8 Å². The molecule has 0 aliphatic rings. The maximum atomic E-state index is 12.9. The molecule has 1 rings (SSSR count). The zero-order valence-electron chi connectivity index (χ0n) is 11.9. The molecule has 0 bridgehead atoms. The fourth-order valence-electron chi connectivity index (χ4n) is 1.52. The molecule has 0 aromatic heterocycles. The van der Waals surface area contributed by atoms with Gasteiger partial charge < -0.3 is 10.6 Å². The maximum Gasteiger partial charge on any atom is 0.238 e. The molecule has 0 fully saturated rings. The number of benzene rings is 1. The Morgan fingerprint density at radius 1 is 1.15 bits per heavy atom. The van der Waals surface area contributed by atoms with Gasteiger partial charge >= 0.3 is 0 Å². The van der Waals surface area contributed by atoms with E-state index in [1.54, 1.807) is 6.07 Å². The number of rotatable bonds is 5. The van der Waals surface area contributed by atoms with Crippen molar-refractivity contribution < 1.29 is 14.0 Å². The summed E-state index contributed by atoms with van der Waals surface area (Å²) < 4.78 is 12.9. The van der Waals surface area contributed by atoms with Crippen LogP contribution >= 0.6 is 0 Å². The zero-order valence-corrected chi connectivity index (χ0v) is 11.9. The van der Waals surface area contributed by atoms with Gasteiger partial charge in [0.05, 0.1) is 13.1 Å². The van der Waals surface area contributed by atoms with Crippen molar-refractivity contribution in [1.82, 2.24) is 10.6 Å². The minimum Gasteiger partial charge on any atom is -0.350 e. The Morgan fingerprint density at radius 2 is 1.80 bits per heavy atom. The predicted molar refractivity (Wildman–Crippen MR) is 75.8 cm³/mol. The highest BCUT2D eigenvalue weighted by Gasteiger charge is 2.13. The molecule has 1 aromatic rings. The smallest absolute Gasteiger partial charge is 0.238 e. The highest BCUT2D eigenvalue weighted by atomic mass is 19.1. The number of halogens is 1. The Labute approximate surface area is 117 Å². The molecule has 2 amide bonds. The van der Waals surface area contributed by atoms with E-state index in [-0.39, 0.29) is 30.4 Å². The average Bonchev–Trinajstić information content (AvgIpc) is 2.26. The summed E-state index contributed by atoms with van der Waals surface area (Å²) in [7, 11) is 0. The number of amides is 2. The second-order valence-electron chi connectivity index (χ2n) is 5.46. The number of hydrogen-bond donors (Lipinski definition) is 3. The molecule has 0 saturated carbocycles. The van der Waals surface area contributed by atoms with Gasteiger partial charge in [0.2, 0.25) is 11.8 Å². The van der Waals surface area contributed by atoms with E-state index >= 15 is 0 Å². The van der Waals surface area contributed by atoms with Crippen molar-refractivity contribution in [2.75, 3.05) is 18.4 Å². The topological polar surface area (TPSA) is 70.2 Å². The van der Waals surface area contributed by atoms with Gasteiger partial charge in [0.1, 0.15) is 5.82 Å². The maximum absolute atomic E-state index is 12.9. The van der Waals surface area contributed by atoms with Gasteiger partial charge in [0.15, 0.2) is 0 Å². The molecule has 1 aromatic carbocycles. The molecular formula is C14H20FN3O2. The minimum atomic E-state index is -0.416. The minimum absolute atomic E-state index is 0.0198. The molecule has 0 heterocycles. The third-order valence-electron chi connectivity index (χ3n) is 2.19. The molecule has 0 unspecified atom stereocenters. The van der Waals surface area contributed by atoms with Gasteiger partial charge in [-0.1, -0.05) is 6.07 Å². The average molecular weight is 281 g/mol. The van der Waals surface area contributed by atoms with Crippen LogP contribution in [0.15, 0.2) is 24.3 Å². The third kappa shape index (κ3) is 6.84. The lowest BCUT2D eigenvalue weighted by molar-refractivity contribution is -0.121. The third-order valence-corrected chi connectivity index (χ3v) is 2.19. The lowest BCUT2D eigenvalue weighted by Crippen LogP contribution is -2.45. The van der Waals surface area contributed by atoms with E-state index < -0.39 is 5.82 Å². The summed E-state index contributed by atoms with van der Waals surface area (Å²) in [5.74, 6) is -0.935. The first-order valence-corrected chi connectivity index (χ1v) is 6.33. The summed E-state index contributed by atoms with van der Waals surface area (Å²) in [6.45, 7) is 5.66. The molecule has 0 aliphatic carbocycles. The summed E-state index contributed by atoms with van der Waals surface area (Å²) in [4.78, 5) is 23.1. The largest absolute Gasteiger partial charge is 0.350 e. The van der Waals surface area contributed by atoms with Crippen LogP contribution in [0.4, 0.5) is 10.1 Å². The van der Waals surface area contributed by atoms with Crippen LogP contribution in [-0.2, 0) is 9.59 Å². The van der Waals surface area contributed by atoms with Gasteiger partial charge in [-0.15, -0.1) is 0 Å². The van der Waals surface area contributed by atoms with Crippen molar-refractivity contribution >= 4 is 17.5 Å². The Kier molecular flexibility index (Phi) is 5.64. The highest BCUT2D eigenvalue weighted by Crippen LogP contribution is 2.08. The Balaban J connectivity index is 2.29. The molecule has 0 spiro atoms. The molecule has 0 saturated heterocycles. The van der Waals surface area contributed by atoms with Crippen molar-refractivity contribution in [3.05, 3.63) is 30.1 Å². The normalized spacial score (nSPS) is 11.0. The van der Waals surface area contributed by atoms with Crippen molar-refractivity contribution in [3.8, 4) is 0 Å². The van der Waals surface area contributed by atoms with E-state index in [4.69, 9.17) is 0 Å². The van der Waals surface area contributed by atoms with Crippen LogP contribution in [0.1, 0.15) is 20.8 Å². The number of carbonyl (C=O) groups is 2. The SMILES string of the molecule is CC(C)(C)NC(=O)CNCC(=O)Nc1cccc(F)c1. The lowest BCUT2D eigenvalue weighted by Gasteiger charge is -2.20. The first-order chi connectivity index (χ1) is 9.26. The first kappa shape index (κ1) is 16.1. The van der Waals surface area contributed by atoms with E-state index in [1.165, 1.54) is 18.2 Å². The van der Waals surface area contributed by atoms with Gasteiger partial charge in [-0.05, 0) is 39.0 Å². The van der Waals surface area contributed by atoms with Crippen LogP contribution in [0.5, 0.6) is 0 Å². The number of carbonyl (C=O) groups excluding carboxylic acids is 2. The fraction of sp³-hybridized carbons (Fsp3) is 0.429. The van der Waals surface area contributed by atoms with E-state index in [0.717, 1.165) is 0 Å². The van der Waals surface area contributed by atoms with Crippen LogP contribution in [0.25, 0.3) is 0 Å². The molecule has 6 heteroatoms. The molecule has 3 N–H and O–H groups in total. The van der Waals surface area contributed by atoms with Crippen LogP contribution in [0.2, 0.25) is 0 Å². The highest BCUT2D eigenvalue weighted by molar-refractivity contribution is 5.92. The molecular weight excluding hydrogens is 261 g/mol. The van der Waals surface area contributed by atoms with Crippen molar-refractivity contribution in [1.29, 1.82) is 0 Å². The summed E-state index contributed by atoms with van der Waals surface area (Å²) in [6, 6.07) is 5.62. The fourth-order valence-corrected chi connectivity index (χ4v) is 1.52. The summed E-state index contributed by atoms with van der Waals surface area (Å²) in [6.07, 6.45) is 0. The van der Waals surface area contributed by atoms with E-state index in [2.05, 4.69) is 16.0 Å². The van der Waals surface area contributed by atoms with Gasteiger partial charge in [0.25, 0.3) is 0 Å². The lowest BCUT2D eigenvalue weighted by atomic mass is 10.1. The second kappa shape index (κ2) is 7.00. The van der Waals surface area contributed by atoms with Crippen molar-refractivity contribution in [3.63, 3.8) is 0 Å². The summed E-state index contributed by atoms with van der Waals surface area (Å²) in [5, 5.41) is 8.02. The Bertz CT molecular complexity index is 484. The van der Waals surface area contributed by atoms with E-state index in [0.29, 0.717) is 5.69 Å². The first-order valence-electron chi connectivity index (χ1n) is 6.33. The van der Waals surface area contributed by atoms with Gasteiger partial charge in [0, 0.05) is 11.2 Å². The van der Waals surface area contributed by atoms with E-state index in [9.17, 15) is 14.0 Å². The summed E-state index contributed by atoms with van der Waals surface area (Å²) >= 11 is 0. The molecule has 110 valence electrons.